The van der Waals surface area contributed by atoms with Crippen molar-refractivity contribution in [2.45, 2.75) is 37.8 Å². The molecule has 1 fully saturated rings. The van der Waals surface area contributed by atoms with Crippen LogP contribution in [0.25, 0.3) is 5.76 Å². The molecule has 1 aliphatic carbocycles. The first kappa shape index (κ1) is 21.2. The molecule has 2 aromatic carbocycles. The van der Waals surface area contributed by atoms with Gasteiger partial charge < -0.3 is 4.74 Å². The van der Waals surface area contributed by atoms with Crippen LogP contribution in [0.2, 0.25) is 0 Å². The Kier molecular flexibility index (Phi) is 5.51. The molecule has 2 aliphatic heterocycles. The number of thioether (sulfide) groups is 1. The van der Waals surface area contributed by atoms with Crippen LogP contribution in [0.15, 0.2) is 59.5 Å². The Morgan fingerprint density at radius 1 is 1.00 bits per heavy atom. The molecule has 2 aromatic rings. The molecule has 1 atom stereocenters. The van der Waals surface area contributed by atoms with Crippen LogP contribution in [-0.2, 0) is 20.7 Å². The predicted octanol–water partition coefficient (Wildman–Crippen LogP) is 3.92. The van der Waals surface area contributed by atoms with E-state index in [0.29, 0.717) is 34.0 Å². The Balaban J connectivity index is 1.28. The molecule has 2 heterocycles. The third-order valence-electron chi connectivity index (χ3n) is 6.78. The Morgan fingerprint density at radius 2 is 1.66 bits per heavy atom. The van der Waals surface area contributed by atoms with Gasteiger partial charge in [0.15, 0.2) is 5.78 Å². The fourth-order valence-electron chi connectivity index (χ4n) is 4.73. The summed E-state index contributed by atoms with van der Waals surface area (Å²) in [5.41, 5.74) is 1.80. The van der Waals surface area contributed by atoms with Crippen LogP contribution in [0.3, 0.4) is 0 Å². The van der Waals surface area contributed by atoms with Crippen LogP contribution in [-0.4, -0.2) is 52.7 Å². The van der Waals surface area contributed by atoms with Crippen molar-refractivity contribution >= 4 is 34.9 Å². The average Bonchev–Trinajstić information content (AvgIpc) is 2.83. The van der Waals surface area contributed by atoms with Gasteiger partial charge in [0.25, 0.3) is 0 Å². The highest BCUT2D eigenvalue weighted by molar-refractivity contribution is 8.04. The highest BCUT2D eigenvalue weighted by atomic mass is 32.2. The number of rotatable bonds is 4. The second kappa shape index (κ2) is 8.34. The van der Waals surface area contributed by atoms with Crippen molar-refractivity contribution in [2.24, 2.45) is 0 Å². The van der Waals surface area contributed by atoms with E-state index in [1.165, 1.54) is 11.8 Å². The molecule has 1 unspecified atom stereocenters. The van der Waals surface area contributed by atoms with Crippen molar-refractivity contribution in [3.63, 3.8) is 0 Å². The third kappa shape index (κ3) is 3.71. The number of hydrogen-bond donors (Lipinski definition) is 0. The first-order valence-corrected chi connectivity index (χ1v) is 12.0. The van der Waals surface area contributed by atoms with Crippen molar-refractivity contribution in [1.82, 2.24) is 4.90 Å². The van der Waals surface area contributed by atoms with Crippen molar-refractivity contribution in [2.75, 3.05) is 18.8 Å². The maximum absolute atomic E-state index is 12.8. The lowest BCUT2D eigenvalue weighted by Gasteiger charge is -2.46. The molecule has 32 heavy (non-hydrogen) atoms. The molecular formula is C26H25NO4S. The van der Waals surface area contributed by atoms with Gasteiger partial charge in [-0.05, 0) is 12.5 Å². The van der Waals surface area contributed by atoms with Crippen molar-refractivity contribution in [3.05, 3.63) is 76.2 Å². The maximum atomic E-state index is 12.8. The SMILES string of the molecule is CC(C(=O)Cc1ccccc1)N1CCC2(CC1)CSC1=C(O2)c2ccccc2C(=O)C1=O. The third-order valence-corrected chi connectivity index (χ3v) is 8.11. The lowest BCUT2D eigenvalue weighted by Crippen LogP contribution is -2.53. The van der Waals surface area contributed by atoms with Crippen LogP contribution in [0.4, 0.5) is 0 Å². The number of ketones is 3. The van der Waals surface area contributed by atoms with Crippen LogP contribution >= 0.6 is 11.8 Å². The van der Waals surface area contributed by atoms with Gasteiger partial charge in [0, 0.05) is 49.2 Å². The molecule has 3 aliphatic rings. The smallest absolute Gasteiger partial charge is 0.243 e. The molecule has 5 nitrogen and oxygen atoms in total. The number of ether oxygens (including phenoxy) is 1. The minimum atomic E-state index is -0.462. The molecule has 0 saturated carbocycles. The zero-order valence-corrected chi connectivity index (χ0v) is 18.8. The van der Waals surface area contributed by atoms with Crippen LogP contribution in [0.5, 0.6) is 0 Å². The van der Waals surface area contributed by atoms with E-state index in [-0.39, 0.29) is 17.4 Å². The molecule has 164 valence electrons. The summed E-state index contributed by atoms with van der Waals surface area (Å²) in [6, 6.07) is 16.9. The van der Waals surface area contributed by atoms with E-state index in [0.717, 1.165) is 31.5 Å². The van der Waals surface area contributed by atoms with E-state index >= 15 is 0 Å². The summed E-state index contributed by atoms with van der Waals surface area (Å²) < 4.78 is 6.52. The molecule has 0 bridgehead atoms. The molecule has 0 aromatic heterocycles. The molecule has 0 N–H and O–H groups in total. The number of hydrogen-bond acceptors (Lipinski definition) is 6. The second-order valence-electron chi connectivity index (χ2n) is 8.78. The van der Waals surface area contributed by atoms with Gasteiger partial charge in [-0.25, -0.2) is 0 Å². The van der Waals surface area contributed by atoms with Gasteiger partial charge in [-0.2, -0.15) is 0 Å². The topological polar surface area (TPSA) is 63.7 Å². The standard InChI is InChI=1S/C26H25NO4S/c1-17(21(28)15-18-7-3-2-4-8-18)27-13-11-26(12-14-27)16-32-25-23(30)22(29)19-9-5-6-10-20(19)24(25)31-26/h2-10,17H,11-16H2,1H3. The fraction of sp³-hybridized carbons (Fsp3) is 0.346. The van der Waals surface area contributed by atoms with Gasteiger partial charge in [0.05, 0.1) is 6.04 Å². The van der Waals surface area contributed by atoms with Gasteiger partial charge in [0.2, 0.25) is 11.6 Å². The van der Waals surface area contributed by atoms with Gasteiger partial charge in [0.1, 0.15) is 16.3 Å². The number of benzene rings is 2. The Hall–Kier alpha value is -2.70. The maximum Gasteiger partial charge on any atom is 0.243 e. The van der Waals surface area contributed by atoms with Crippen molar-refractivity contribution < 1.29 is 19.1 Å². The van der Waals surface area contributed by atoms with E-state index in [1.54, 1.807) is 12.1 Å². The zero-order valence-electron chi connectivity index (χ0n) is 18.0. The number of allylic oxidation sites excluding steroid dienone is 1. The van der Waals surface area contributed by atoms with Gasteiger partial charge in [-0.3, -0.25) is 19.3 Å². The normalized spacial score (nSPS) is 21.0. The quantitative estimate of drug-likeness (QED) is 0.662. The Labute approximate surface area is 191 Å². The Bertz CT molecular complexity index is 1120. The number of Topliss-reactive ketones (excluding diaryl/α,β-unsaturated/α-hetero) is 3. The highest BCUT2D eigenvalue weighted by Crippen LogP contribution is 2.47. The number of piperidine rings is 1. The Morgan fingerprint density at radius 3 is 2.38 bits per heavy atom. The van der Waals surface area contributed by atoms with Gasteiger partial charge in [-0.15, -0.1) is 11.8 Å². The van der Waals surface area contributed by atoms with Crippen molar-refractivity contribution in [3.8, 4) is 0 Å². The zero-order chi connectivity index (χ0) is 22.3. The van der Waals surface area contributed by atoms with Gasteiger partial charge in [-0.1, -0.05) is 54.6 Å². The van der Waals surface area contributed by atoms with Crippen LogP contribution in [0, 0.1) is 0 Å². The number of nitrogens with zero attached hydrogens (tertiary/aromatic N) is 1. The van der Waals surface area contributed by atoms with Gasteiger partial charge >= 0.3 is 0 Å². The monoisotopic (exact) mass is 447 g/mol. The van der Waals surface area contributed by atoms with E-state index in [1.807, 2.05) is 49.4 Å². The first-order valence-electron chi connectivity index (χ1n) is 11.0. The first-order chi connectivity index (χ1) is 15.5. The summed E-state index contributed by atoms with van der Waals surface area (Å²) in [5.74, 6) is 0.514. The number of carbonyl (C=O) groups is 3. The summed E-state index contributed by atoms with van der Waals surface area (Å²) >= 11 is 1.44. The minimum absolute atomic E-state index is 0.145. The number of likely N-dealkylation sites (tertiary alicyclic amines) is 1. The largest absolute Gasteiger partial charge is 0.484 e. The molecule has 0 amide bonds. The number of carbonyl (C=O) groups excluding carboxylic acids is 3. The van der Waals surface area contributed by atoms with E-state index in [4.69, 9.17) is 4.74 Å². The molecule has 5 rings (SSSR count). The molecule has 1 spiro atoms. The van der Waals surface area contributed by atoms with E-state index in [9.17, 15) is 14.4 Å². The predicted molar refractivity (Wildman–Crippen MR) is 124 cm³/mol. The summed E-state index contributed by atoms with van der Waals surface area (Å²) in [5, 5.41) is 0. The van der Waals surface area contributed by atoms with Crippen molar-refractivity contribution in [1.29, 1.82) is 0 Å². The summed E-state index contributed by atoms with van der Waals surface area (Å²) in [6.07, 6.45) is 2.01. The average molecular weight is 448 g/mol. The molecular weight excluding hydrogens is 422 g/mol. The highest BCUT2D eigenvalue weighted by Gasteiger charge is 2.46. The summed E-state index contributed by atoms with van der Waals surface area (Å²) in [7, 11) is 0. The van der Waals surface area contributed by atoms with E-state index in [2.05, 4.69) is 4.90 Å². The lowest BCUT2D eigenvalue weighted by atomic mass is 9.89. The molecule has 1 saturated heterocycles. The second-order valence-corrected chi connectivity index (χ2v) is 9.76. The minimum Gasteiger partial charge on any atom is -0.484 e. The molecule has 6 heteroatoms. The molecule has 0 radical (unpaired) electrons. The summed E-state index contributed by atoms with van der Waals surface area (Å²) in [6.45, 7) is 3.51. The number of fused-ring (bicyclic) bond motifs is 2. The fourth-order valence-corrected chi connectivity index (χ4v) is 5.99. The lowest BCUT2D eigenvalue weighted by molar-refractivity contribution is -0.124. The van der Waals surface area contributed by atoms with Crippen LogP contribution in [0.1, 0.15) is 41.3 Å². The summed E-state index contributed by atoms with van der Waals surface area (Å²) in [4.78, 5) is 40.6. The van der Waals surface area contributed by atoms with Crippen LogP contribution < -0.4 is 0 Å². The van der Waals surface area contributed by atoms with E-state index < -0.39 is 11.6 Å².